The minimum absolute atomic E-state index is 0.591. The zero-order chi connectivity index (χ0) is 41.7. The molecule has 0 aliphatic heterocycles. The van der Waals surface area contributed by atoms with Gasteiger partial charge in [0, 0.05) is 0 Å². The molecule has 11 aromatic rings. The van der Waals surface area contributed by atoms with Crippen LogP contribution in [0.3, 0.4) is 0 Å². The molecule has 0 unspecified atom stereocenters. The maximum atomic E-state index is 2.54. The van der Waals surface area contributed by atoms with E-state index in [4.69, 9.17) is 0 Å². The number of hydrogen-bond donors (Lipinski definition) is 0. The zero-order valence-electron chi connectivity index (χ0n) is 34.7. The van der Waals surface area contributed by atoms with Crippen LogP contribution in [-0.2, 0) is 5.41 Å². The third-order valence-corrected chi connectivity index (χ3v) is 13.3. The molecule has 0 saturated heterocycles. The van der Waals surface area contributed by atoms with Gasteiger partial charge in [0.25, 0.3) is 0 Å². The standard InChI is InChI=1S/C63H42/c1-5-17-43(18-6-1)51-38-52(44-19-7-2-8-20-44)40-53(39-51)59-42-61-62(57-28-16-15-27-56(57)59)58-36-35-50(41-60(58)63(61,54-23-9-3-10-24-54)55-25-11-4-12-26-55)47-31-29-46(30-32-47)49-34-33-45-21-13-14-22-48(45)37-49/h1-42H. The molecule has 1 aliphatic rings. The van der Waals surface area contributed by atoms with Crippen LogP contribution in [0.1, 0.15) is 22.3 Å². The molecule has 0 radical (unpaired) electrons. The maximum Gasteiger partial charge on any atom is 0.0714 e. The number of benzene rings is 11. The number of fused-ring (bicyclic) bond motifs is 6. The van der Waals surface area contributed by atoms with Gasteiger partial charge in [0.15, 0.2) is 0 Å². The van der Waals surface area contributed by atoms with Crippen LogP contribution >= 0.6 is 0 Å². The summed E-state index contributed by atoms with van der Waals surface area (Å²) in [5, 5.41) is 5.03. The normalized spacial score (nSPS) is 12.6. The SMILES string of the molecule is c1ccc(-c2cc(-c3ccccc3)cc(-c3cc4c(c5ccccc35)-c3ccc(-c5ccc(-c6ccc7ccccc7c6)cc5)cc3C4(c3ccccc3)c3ccccc3)c2)cc1. The number of hydrogen-bond acceptors (Lipinski definition) is 0. The van der Waals surface area contributed by atoms with E-state index in [1.807, 2.05) is 0 Å². The Morgan fingerprint density at radius 3 is 1.27 bits per heavy atom. The van der Waals surface area contributed by atoms with Gasteiger partial charge in [0.05, 0.1) is 5.41 Å². The Bertz CT molecular complexity index is 3360. The lowest BCUT2D eigenvalue weighted by Crippen LogP contribution is -2.28. The second-order valence-electron chi connectivity index (χ2n) is 16.8. The lowest BCUT2D eigenvalue weighted by Gasteiger charge is -2.34. The third-order valence-electron chi connectivity index (χ3n) is 13.3. The van der Waals surface area contributed by atoms with E-state index >= 15 is 0 Å². The molecule has 0 heterocycles. The molecule has 12 rings (SSSR count). The molecular formula is C63H42. The van der Waals surface area contributed by atoms with Crippen LogP contribution in [0.5, 0.6) is 0 Å². The van der Waals surface area contributed by atoms with Crippen LogP contribution < -0.4 is 0 Å². The Morgan fingerprint density at radius 2 is 0.667 bits per heavy atom. The van der Waals surface area contributed by atoms with Gasteiger partial charge in [0.1, 0.15) is 0 Å². The van der Waals surface area contributed by atoms with Crippen molar-refractivity contribution >= 4 is 21.5 Å². The summed E-state index contributed by atoms with van der Waals surface area (Å²) >= 11 is 0. The van der Waals surface area contributed by atoms with Crippen molar-refractivity contribution in [2.45, 2.75) is 5.41 Å². The van der Waals surface area contributed by atoms with Gasteiger partial charge >= 0.3 is 0 Å². The summed E-state index contributed by atoms with van der Waals surface area (Å²) in [6.07, 6.45) is 0. The second kappa shape index (κ2) is 15.1. The Morgan fingerprint density at radius 1 is 0.222 bits per heavy atom. The van der Waals surface area contributed by atoms with Crippen LogP contribution in [0.15, 0.2) is 255 Å². The van der Waals surface area contributed by atoms with Gasteiger partial charge in [-0.05, 0) is 147 Å². The van der Waals surface area contributed by atoms with Crippen molar-refractivity contribution in [1.82, 2.24) is 0 Å². The fourth-order valence-corrected chi connectivity index (χ4v) is 10.4. The Balaban J connectivity index is 1.10. The first kappa shape index (κ1) is 36.8. The van der Waals surface area contributed by atoms with E-state index in [1.165, 1.54) is 111 Å². The molecule has 0 amide bonds. The molecule has 11 aromatic carbocycles. The first-order chi connectivity index (χ1) is 31.2. The van der Waals surface area contributed by atoms with Crippen LogP contribution in [0.2, 0.25) is 0 Å². The molecule has 1 aliphatic carbocycles. The Labute approximate surface area is 369 Å². The molecule has 0 bridgehead atoms. The van der Waals surface area contributed by atoms with Gasteiger partial charge in [-0.1, -0.05) is 218 Å². The van der Waals surface area contributed by atoms with E-state index in [1.54, 1.807) is 0 Å². The molecular weight excluding hydrogens is 757 g/mol. The van der Waals surface area contributed by atoms with Crippen molar-refractivity contribution in [2.24, 2.45) is 0 Å². The first-order valence-corrected chi connectivity index (χ1v) is 21.9. The smallest absolute Gasteiger partial charge is 0.0622 e. The number of rotatable bonds is 7. The Kier molecular flexibility index (Phi) is 8.83. The third kappa shape index (κ3) is 6.14. The minimum Gasteiger partial charge on any atom is -0.0622 e. The van der Waals surface area contributed by atoms with Crippen LogP contribution in [-0.4, -0.2) is 0 Å². The molecule has 0 spiro atoms. The predicted octanol–water partition coefficient (Wildman–Crippen LogP) is 16.7. The van der Waals surface area contributed by atoms with Crippen LogP contribution in [0, 0.1) is 0 Å². The summed E-state index contributed by atoms with van der Waals surface area (Å²) in [6, 6.07) is 94.4. The van der Waals surface area contributed by atoms with Crippen LogP contribution in [0.4, 0.5) is 0 Å². The van der Waals surface area contributed by atoms with Gasteiger partial charge in [0.2, 0.25) is 0 Å². The second-order valence-corrected chi connectivity index (χ2v) is 16.8. The van der Waals surface area contributed by atoms with Crippen molar-refractivity contribution in [2.75, 3.05) is 0 Å². The highest BCUT2D eigenvalue weighted by Crippen LogP contribution is 2.59. The van der Waals surface area contributed by atoms with E-state index in [2.05, 4.69) is 255 Å². The lowest BCUT2D eigenvalue weighted by molar-refractivity contribution is 0.769. The molecule has 0 aromatic heterocycles. The Hall–Kier alpha value is -8.06. The summed E-state index contributed by atoms with van der Waals surface area (Å²) in [5.74, 6) is 0. The average Bonchev–Trinajstić information content (AvgIpc) is 3.67. The molecule has 0 saturated carbocycles. The van der Waals surface area contributed by atoms with E-state index in [0.29, 0.717) is 0 Å². The van der Waals surface area contributed by atoms with Gasteiger partial charge in [-0.3, -0.25) is 0 Å². The highest BCUT2D eigenvalue weighted by molar-refractivity contribution is 6.11. The topological polar surface area (TPSA) is 0 Å². The van der Waals surface area contributed by atoms with Gasteiger partial charge in [-0.15, -0.1) is 0 Å². The molecule has 0 heteroatoms. The van der Waals surface area contributed by atoms with Crippen LogP contribution in [0.25, 0.3) is 88.3 Å². The largest absolute Gasteiger partial charge is 0.0714 e. The fraction of sp³-hybridized carbons (Fsp3) is 0.0159. The van der Waals surface area contributed by atoms with E-state index in [-0.39, 0.29) is 0 Å². The van der Waals surface area contributed by atoms with Gasteiger partial charge < -0.3 is 0 Å². The highest BCUT2D eigenvalue weighted by Gasteiger charge is 2.47. The first-order valence-electron chi connectivity index (χ1n) is 21.9. The molecule has 0 nitrogen and oxygen atoms in total. The lowest BCUT2D eigenvalue weighted by atomic mass is 9.67. The molecule has 63 heavy (non-hydrogen) atoms. The van der Waals surface area contributed by atoms with E-state index in [0.717, 1.165) is 0 Å². The summed E-state index contributed by atoms with van der Waals surface area (Å²) < 4.78 is 0. The highest BCUT2D eigenvalue weighted by atomic mass is 14.5. The molecule has 0 atom stereocenters. The monoisotopic (exact) mass is 798 g/mol. The van der Waals surface area contributed by atoms with E-state index in [9.17, 15) is 0 Å². The summed E-state index contributed by atoms with van der Waals surface area (Å²) in [6.45, 7) is 0. The summed E-state index contributed by atoms with van der Waals surface area (Å²) in [7, 11) is 0. The summed E-state index contributed by atoms with van der Waals surface area (Å²) in [5.41, 5.74) is 19.2. The fourth-order valence-electron chi connectivity index (χ4n) is 10.4. The van der Waals surface area contributed by atoms with Gasteiger partial charge in [-0.25, -0.2) is 0 Å². The minimum atomic E-state index is -0.591. The van der Waals surface area contributed by atoms with E-state index < -0.39 is 5.41 Å². The van der Waals surface area contributed by atoms with Crippen molar-refractivity contribution in [1.29, 1.82) is 0 Å². The molecule has 294 valence electrons. The van der Waals surface area contributed by atoms with Crippen molar-refractivity contribution in [3.63, 3.8) is 0 Å². The predicted molar refractivity (Wildman–Crippen MR) is 266 cm³/mol. The van der Waals surface area contributed by atoms with Crippen molar-refractivity contribution < 1.29 is 0 Å². The summed E-state index contributed by atoms with van der Waals surface area (Å²) in [4.78, 5) is 0. The zero-order valence-corrected chi connectivity index (χ0v) is 34.7. The van der Waals surface area contributed by atoms with Crippen molar-refractivity contribution in [3.05, 3.63) is 277 Å². The van der Waals surface area contributed by atoms with Gasteiger partial charge in [-0.2, -0.15) is 0 Å². The molecule has 0 fully saturated rings. The maximum absolute atomic E-state index is 2.54. The van der Waals surface area contributed by atoms with Crippen molar-refractivity contribution in [3.8, 4) is 66.8 Å². The average molecular weight is 799 g/mol. The molecule has 0 N–H and O–H groups in total. The quantitative estimate of drug-likeness (QED) is 0.151.